The van der Waals surface area contributed by atoms with Gasteiger partial charge in [0.15, 0.2) is 12.2 Å². The lowest BCUT2D eigenvalue weighted by Crippen LogP contribution is -2.35. The standard InChI is InChI=1S/C16H26O6/c1-4-5-13(17)21-11-8-19-16-12(9-20-15(11)16)22-14(18)7-6-10(2)3/h10-12,15-16H,4-9H2,1-3H3/t11-,12+,15+,16+/m0/s1. The van der Waals surface area contributed by atoms with E-state index in [1.807, 2.05) is 6.92 Å². The van der Waals surface area contributed by atoms with Crippen molar-refractivity contribution in [3.05, 3.63) is 0 Å². The number of hydrogen-bond acceptors (Lipinski definition) is 6. The van der Waals surface area contributed by atoms with Crippen molar-refractivity contribution >= 4 is 11.9 Å². The molecule has 6 heteroatoms. The molecule has 0 aliphatic carbocycles. The first kappa shape index (κ1) is 17.2. The summed E-state index contributed by atoms with van der Waals surface area (Å²) >= 11 is 0. The van der Waals surface area contributed by atoms with Crippen molar-refractivity contribution in [2.75, 3.05) is 13.2 Å². The van der Waals surface area contributed by atoms with E-state index in [1.54, 1.807) is 0 Å². The summed E-state index contributed by atoms with van der Waals surface area (Å²) in [6.07, 6.45) is 0.881. The van der Waals surface area contributed by atoms with Crippen molar-refractivity contribution in [3.63, 3.8) is 0 Å². The van der Waals surface area contributed by atoms with Crippen LogP contribution in [0.25, 0.3) is 0 Å². The molecule has 0 aromatic carbocycles. The van der Waals surface area contributed by atoms with Crippen molar-refractivity contribution < 1.29 is 28.5 Å². The van der Waals surface area contributed by atoms with Gasteiger partial charge in [-0.1, -0.05) is 20.8 Å². The maximum Gasteiger partial charge on any atom is 0.306 e. The molecule has 4 atom stereocenters. The second-order valence-corrected chi connectivity index (χ2v) is 6.34. The zero-order valence-corrected chi connectivity index (χ0v) is 13.6. The van der Waals surface area contributed by atoms with Gasteiger partial charge < -0.3 is 18.9 Å². The third-order valence-corrected chi connectivity index (χ3v) is 3.91. The minimum atomic E-state index is -0.403. The predicted molar refractivity (Wildman–Crippen MR) is 78.2 cm³/mol. The number of hydrogen-bond donors (Lipinski definition) is 0. The molecule has 0 saturated carbocycles. The second kappa shape index (κ2) is 7.92. The monoisotopic (exact) mass is 314 g/mol. The lowest BCUT2D eigenvalue weighted by molar-refractivity contribution is -0.155. The van der Waals surface area contributed by atoms with E-state index in [1.165, 1.54) is 0 Å². The smallest absolute Gasteiger partial charge is 0.306 e. The maximum atomic E-state index is 11.8. The van der Waals surface area contributed by atoms with Gasteiger partial charge in [0.25, 0.3) is 0 Å². The fraction of sp³-hybridized carbons (Fsp3) is 0.875. The van der Waals surface area contributed by atoms with Crippen LogP contribution in [0.15, 0.2) is 0 Å². The topological polar surface area (TPSA) is 71.1 Å². The molecule has 126 valence electrons. The van der Waals surface area contributed by atoms with E-state index in [2.05, 4.69) is 13.8 Å². The SMILES string of the molecule is CCCC(=O)O[C@H]1CO[C@H]2[C@@H]1OC[C@H]2OC(=O)CCC(C)C. The van der Waals surface area contributed by atoms with Gasteiger partial charge in [0, 0.05) is 12.8 Å². The number of rotatable bonds is 7. The molecule has 0 N–H and O–H groups in total. The number of carbonyl (C=O) groups is 2. The molecule has 0 bridgehead atoms. The molecule has 2 aliphatic heterocycles. The Morgan fingerprint density at radius 3 is 1.95 bits per heavy atom. The number of carbonyl (C=O) groups excluding carboxylic acids is 2. The molecule has 0 amide bonds. The van der Waals surface area contributed by atoms with Crippen molar-refractivity contribution in [2.45, 2.75) is 70.9 Å². The summed E-state index contributed by atoms with van der Waals surface area (Å²) in [5.41, 5.74) is 0. The minimum absolute atomic E-state index is 0.224. The van der Waals surface area contributed by atoms with Gasteiger partial charge in [-0.25, -0.2) is 0 Å². The summed E-state index contributed by atoms with van der Waals surface area (Å²) in [4.78, 5) is 23.4. The normalized spacial score (nSPS) is 30.4. The van der Waals surface area contributed by atoms with Crippen molar-refractivity contribution in [3.8, 4) is 0 Å². The summed E-state index contributed by atoms with van der Waals surface area (Å²) < 4.78 is 22.1. The third kappa shape index (κ3) is 4.43. The number of esters is 2. The van der Waals surface area contributed by atoms with Gasteiger partial charge in [-0.3, -0.25) is 9.59 Å². The minimum Gasteiger partial charge on any atom is -0.457 e. The van der Waals surface area contributed by atoms with Gasteiger partial charge in [0.1, 0.15) is 12.2 Å². The maximum absolute atomic E-state index is 11.8. The molecule has 2 heterocycles. The first-order valence-electron chi connectivity index (χ1n) is 8.13. The van der Waals surface area contributed by atoms with Gasteiger partial charge >= 0.3 is 11.9 Å². The summed E-state index contributed by atoms with van der Waals surface area (Å²) in [5, 5.41) is 0. The number of ether oxygens (including phenoxy) is 4. The first-order chi connectivity index (χ1) is 10.5. The van der Waals surface area contributed by atoms with E-state index in [-0.39, 0.29) is 24.1 Å². The Labute approximate surface area is 131 Å². The molecular formula is C16H26O6. The molecular weight excluding hydrogens is 288 g/mol. The molecule has 0 radical (unpaired) electrons. The highest BCUT2D eigenvalue weighted by molar-refractivity contribution is 5.70. The predicted octanol–water partition coefficient (Wildman–Crippen LogP) is 1.84. The van der Waals surface area contributed by atoms with Gasteiger partial charge in [-0.05, 0) is 18.8 Å². The van der Waals surface area contributed by atoms with Gasteiger partial charge in [-0.15, -0.1) is 0 Å². The zero-order chi connectivity index (χ0) is 16.1. The highest BCUT2D eigenvalue weighted by atomic mass is 16.7. The van der Waals surface area contributed by atoms with E-state index in [0.29, 0.717) is 32.0 Å². The highest BCUT2D eigenvalue weighted by Gasteiger charge is 2.51. The van der Waals surface area contributed by atoms with E-state index in [9.17, 15) is 9.59 Å². The van der Waals surface area contributed by atoms with E-state index in [0.717, 1.165) is 12.8 Å². The van der Waals surface area contributed by atoms with Crippen LogP contribution in [0.4, 0.5) is 0 Å². The fourth-order valence-corrected chi connectivity index (χ4v) is 2.70. The summed E-state index contributed by atoms with van der Waals surface area (Å²) in [5.74, 6) is 0.000853. The van der Waals surface area contributed by atoms with Crippen LogP contribution in [0.2, 0.25) is 0 Å². The Kier molecular flexibility index (Phi) is 6.20. The van der Waals surface area contributed by atoms with E-state index in [4.69, 9.17) is 18.9 Å². The molecule has 2 rings (SSSR count). The van der Waals surface area contributed by atoms with Crippen LogP contribution < -0.4 is 0 Å². The van der Waals surface area contributed by atoms with Gasteiger partial charge in [0.2, 0.25) is 0 Å². The van der Waals surface area contributed by atoms with Crippen LogP contribution in [0, 0.1) is 5.92 Å². The molecule has 0 unspecified atom stereocenters. The van der Waals surface area contributed by atoms with Crippen LogP contribution in [0.5, 0.6) is 0 Å². The van der Waals surface area contributed by atoms with Crippen LogP contribution >= 0.6 is 0 Å². The van der Waals surface area contributed by atoms with Gasteiger partial charge in [-0.2, -0.15) is 0 Å². The zero-order valence-electron chi connectivity index (χ0n) is 13.6. The molecule has 6 nitrogen and oxygen atoms in total. The highest BCUT2D eigenvalue weighted by Crippen LogP contribution is 2.31. The quantitative estimate of drug-likeness (QED) is 0.668. The van der Waals surface area contributed by atoms with Crippen LogP contribution in [0.3, 0.4) is 0 Å². The van der Waals surface area contributed by atoms with E-state index >= 15 is 0 Å². The van der Waals surface area contributed by atoms with Crippen LogP contribution in [0.1, 0.15) is 46.5 Å². The average molecular weight is 314 g/mol. The average Bonchev–Trinajstić information content (AvgIpc) is 3.01. The Morgan fingerprint density at radius 1 is 1.00 bits per heavy atom. The fourth-order valence-electron chi connectivity index (χ4n) is 2.70. The van der Waals surface area contributed by atoms with Crippen molar-refractivity contribution in [2.24, 2.45) is 5.92 Å². The molecule has 2 saturated heterocycles. The van der Waals surface area contributed by atoms with Crippen LogP contribution in [-0.4, -0.2) is 49.6 Å². The lowest BCUT2D eigenvalue weighted by Gasteiger charge is -2.17. The van der Waals surface area contributed by atoms with Gasteiger partial charge in [0.05, 0.1) is 13.2 Å². The molecule has 0 aromatic heterocycles. The molecule has 0 aromatic rings. The van der Waals surface area contributed by atoms with Crippen molar-refractivity contribution in [1.29, 1.82) is 0 Å². The van der Waals surface area contributed by atoms with E-state index < -0.39 is 12.2 Å². The van der Waals surface area contributed by atoms with Crippen LogP contribution in [-0.2, 0) is 28.5 Å². The molecule has 0 spiro atoms. The molecule has 2 fully saturated rings. The first-order valence-corrected chi connectivity index (χ1v) is 8.13. The summed E-state index contributed by atoms with van der Waals surface area (Å²) in [7, 11) is 0. The third-order valence-electron chi connectivity index (χ3n) is 3.91. The Morgan fingerprint density at radius 2 is 1.50 bits per heavy atom. The molecule has 22 heavy (non-hydrogen) atoms. The second-order valence-electron chi connectivity index (χ2n) is 6.34. The number of fused-ring (bicyclic) bond motifs is 1. The molecule has 2 aliphatic rings. The summed E-state index contributed by atoms with van der Waals surface area (Å²) in [6.45, 7) is 6.65. The Balaban J connectivity index is 1.80. The summed E-state index contributed by atoms with van der Waals surface area (Å²) in [6, 6.07) is 0. The van der Waals surface area contributed by atoms with Crippen molar-refractivity contribution in [1.82, 2.24) is 0 Å². The Hall–Kier alpha value is -1.14. The Bertz CT molecular complexity index is 394. The lowest BCUT2D eigenvalue weighted by atomic mass is 10.1. The largest absolute Gasteiger partial charge is 0.457 e.